The lowest BCUT2D eigenvalue weighted by Crippen LogP contribution is -2.07. The molecular formula is C4H15NO2Si2. The number of hydrogen-bond donors (Lipinski definition) is 1. The first kappa shape index (κ1) is 9.31. The maximum atomic E-state index is 5.29. The standard InChI is InChI=1S/C4H15NO2Si2/c1-6-9-7-8-4-2-3-5/h2-5,8-9H2,1H3. The van der Waals surface area contributed by atoms with Gasteiger partial charge in [-0.3, -0.25) is 0 Å². The van der Waals surface area contributed by atoms with Crippen LogP contribution in [-0.4, -0.2) is 33.4 Å². The summed E-state index contributed by atoms with van der Waals surface area (Å²) in [6, 6.07) is 1.20. The first-order valence-electron chi connectivity index (χ1n) is 3.18. The van der Waals surface area contributed by atoms with Crippen LogP contribution in [0.3, 0.4) is 0 Å². The van der Waals surface area contributed by atoms with Gasteiger partial charge in [0.1, 0.15) is 9.76 Å². The van der Waals surface area contributed by atoms with E-state index in [0.717, 1.165) is 13.0 Å². The summed E-state index contributed by atoms with van der Waals surface area (Å²) in [5.41, 5.74) is 5.29. The van der Waals surface area contributed by atoms with E-state index in [2.05, 4.69) is 0 Å². The van der Waals surface area contributed by atoms with Crippen LogP contribution < -0.4 is 5.73 Å². The number of rotatable bonds is 6. The lowest BCUT2D eigenvalue weighted by atomic mass is 10.5. The molecule has 0 aliphatic heterocycles. The van der Waals surface area contributed by atoms with Crippen molar-refractivity contribution in [1.29, 1.82) is 0 Å². The van der Waals surface area contributed by atoms with Crippen LogP contribution in [0.5, 0.6) is 0 Å². The summed E-state index contributed by atoms with van der Waals surface area (Å²) in [7, 11) is 0.859. The Morgan fingerprint density at radius 2 is 2.33 bits per heavy atom. The molecule has 5 heteroatoms. The molecule has 0 radical (unpaired) electrons. The molecule has 0 aromatic heterocycles. The molecule has 0 aliphatic carbocycles. The van der Waals surface area contributed by atoms with Crippen LogP contribution in [0, 0.1) is 0 Å². The van der Waals surface area contributed by atoms with Crippen LogP contribution in [0.1, 0.15) is 6.42 Å². The van der Waals surface area contributed by atoms with Gasteiger partial charge in [-0.15, -0.1) is 0 Å². The zero-order valence-corrected chi connectivity index (χ0v) is 8.76. The highest BCUT2D eigenvalue weighted by molar-refractivity contribution is 6.39. The van der Waals surface area contributed by atoms with Crippen molar-refractivity contribution in [3.05, 3.63) is 0 Å². The summed E-state index contributed by atoms with van der Waals surface area (Å²) < 4.78 is 10.1. The Morgan fingerprint density at radius 3 is 2.89 bits per heavy atom. The first-order valence-corrected chi connectivity index (χ1v) is 5.91. The topological polar surface area (TPSA) is 44.5 Å². The van der Waals surface area contributed by atoms with Crippen molar-refractivity contribution >= 4 is 19.8 Å². The Kier molecular flexibility index (Phi) is 8.60. The van der Waals surface area contributed by atoms with E-state index < -0.39 is 10.0 Å². The highest BCUT2D eigenvalue weighted by Gasteiger charge is 1.87. The second-order valence-electron chi connectivity index (χ2n) is 1.81. The molecule has 0 heterocycles. The van der Waals surface area contributed by atoms with Crippen LogP contribution in [0.15, 0.2) is 0 Å². The van der Waals surface area contributed by atoms with Crippen LogP contribution in [0.2, 0.25) is 6.04 Å². The molecule has 0 aliphatic rings. The van der Waals surface area contributed by atoms with Crippen LogP contribution in [0.4, 0.5) is 0 Å². The fraction of sp³-hybridized carbons (Fsp3) is 1.00. The highest BCUT2D eigenvalue weighted by atomic mass is 28.3. The van der Waals surface area contributed by atoms with Gasteiger partial charge in [0.2, 0.25) is 0 Å². The van der Waals surface area contributed by atoms with E-state index in [-0.39, 0.29) is 9.76 Å². The highest BCUT2D eigenvalue weighted by Crippen LogP contribution is 1.84. The SMILES string of the molecule is CO[SiH2]O[SiH2]CCCN. The number of hydrogen-bond acceptors (Lipinski definition) is 3. The van der Waals surface area contributed by atoms with Crippen LogP contribution in [-0.2, 0) is 8.54 Å². The molecule has 0 saturated heterocycles. The monoisotopic (exact) mass is 165 g/mol. The molecule has 0 aromatic carbocycles. The Hall–Kier alpha value is 0.314. The van der Waals surface area contributed by atoms with Gasteiger partial charge in [0.05, 0.1) is 0 Å². The fourth-order valence-electron chi connectivity index (χ4n) is 0.491. The van der Waals surface area contributed by atoms with Crippen molar-refractivity contribution in [2.45, 2.75) is 12.5 Å². The van der Waals surface area contributed by atoms with E-state index in [0.29, 0.717) is 0 Å². The molecule has 0 aromatic rings. The van der Waals surface area contributed by atoms with Crippen molar-refractivity contribution in [1.82, 2.24) is 0 Å². The summed E-state index contributed by atoms with van der Waals surface area (Å²) in [4.78, 5) is 0. The van der Waals surface area contributed by atoms with Gasteiger partial charge in [-0.2, -0.15) is 0 Å². The minimum atomic E-state index is -0.585. The molecule has 9 heavy (non-hydrogen) atoms. The largest absolute Gasteiger partial charge is 0.446 e. The third-order valence-electron chi connectivity index (χ3n) is 0.944. The molecule has 3 nitrogen and oxygen atoms in total. The molecular weight excluding hydrogens is 150 g/mol. The zero-order valence-electron chi connectivity index (χ0n) is 5.93. The maximum Gasteiger partial charge on any atom is 0.293 e. The van der Waals surface area contributed by atoms with E-state index in [1.54, 1.807) is 7.11 Å². The zero-order chi connectivity index (χ0) is 6.95. The summed E-state index contributed by atoms with van der Waals surface area (Å²) in [5, 5.41) is 0. The molecule has 0 atom stereocenters. The Bertz CT molecular complexity index is 49.8. The number of nitrogens with two attached hydrogens (primary N) is 1. The average molecular weight is 165 g/mol. The Balaban J connectivity index is 2.60. The normalized spacial score (nSPS) is 12.7. The van der Waals surface area contributed by atoms with Gasteiger partial charge in [-0.1, -0.05) is 0 Å². The van der Waals surface area contributed by atoms with E-state index >= 15 is 0 Å². The van der Waals surface area contributed by atoms with Crippen LogP contribution >= 0.6 is 0 Å². The molecule has 0 saturated carbocycles. The maximum absolute atomic E-state index is 5.29. The van der Waals surface area contributed by atoms with Gasteiger partial charge < -0.3 is 14.3 Å². The van der Waals surface area contributed by atoms with Crippen molar-refractivity contribution in [3.63, 3.8) is 0 Å². The predicted octanol–water partition coefficient (Wildman–Crippen LogP) is -1.50. The Morgan fingerprint density at radius 1 is 1.56 bits per heavy atom. The molecule has 0 amide bonds. The lowest BCUT2D eigenvalue weighted by molar-refractivity contribution is 0.372. The van der Waals surface area contributed by atoms with E-state index in [4.69, 9.17) is 14.3 Å². The predicted molar refractivity (Wildman–Crippen MR) is 43.7 cm³/mol. The molecule has 2 N–H and O–H groups in total. The molecule has 0 spiro atoms. The quantitative estimate of drug-likeness (QED) is 0.385. The molecule has 0 unspecified atom stereocenters. The average Bonchev–Trinajstić information content (AvgIpc) is 1.89. The van der Waals surface area contributed by atoms with Crippen molar-refractivity contribution in [3.8, 4) is 0 Å². The summed E-state index contributed by atoms with van der Waals surface area (Å²) in [6.07, 6.45) is 1.12. The Labute approximate surface area is 60.9 Å². The third kappa shape index (κ3) is 8.31. The van der Waals surface area contributed by atoms with Gasteiger partial charge in [0.15, 0.2) is 0 Å². The van der Waals surface area contributed by atoms with E-state index in [1.807, 2.05) is 0 Å². The second-order valence-corrected chi connectivity index (χ2v) is 5.37. The first-order chi connectivity index (χ1) is 4.41. The lowest BCUT2D eigenvalue weighted by Gasteiger charge is -1.98. The molecule has 0 fully saturated rings. The van der Waals surface area contributed by atoms with Gasteiger partial charge in [0.25, 0.3) is 10.0 Å². The second kappa shape index (κ2) is 8.31. The van der Waals surface area contributed by atoms with Crippen molar-refractivity contribution < 1.29 is 8.54 Å². The van der Waals surface area contributed by atoms with Crippen LogP contribution in [0.25, 0.3) is 0 Å². The molecule has 56 valence electrons. The minimum Gasteiger partial charge on any atom is -0.446 e. The van der Waals surface area contributed by atoms with Crippen molar-refractivity contribution in [2.75, 3.05) is 13.7 Å². The summed E-state index contributed by atoms with van der Waals surface area (Å²) in [5.74, 6) is 0. The summed E-state index contributed by atoms with van der Waals surface area (Å²) in [6.45, 7) is 0.797. The smallest absolute Gasteiger partial charge is 0.293 e. The van der Waals surface area contributed by atoms with Crippen molar-refractivity contribution in [2.24, 2.45) is 5.73 Å². The third-order valence-corrected chi connectivity index (χ3v) is 3.79. The minimum absolute atomic E-state index is 0.254. The van der Waals surface area contributed by atoms with E-state index in [1.165, 1.54) is 6.04 Å². The summed E-state index contributed by atoms with van der Waals surface area (Å²) >= 11 is 0. The van der Waals surface area contributed by atoms with Gasteiger partial charge in [-0.05, 0) is 19.0 Å². The van der Waals surface area contributed by atoms with Gasteiger partial charge in [0, 0.05) is 7.11 Å². The van der Waals surface area contributed by atoms with E-state index in [9.17, 15) is 0 Å². The molecule has 0 bridgehead atoms. The van der Waals surface area contributed by atoms with Gasteiger partial charge >= 0.3 is 0 Å². The van der Waals surface area contributed by atoms with Gasteiger partial charge in [-0.25, -0.2) is 0 Å². The molecule has 0 rings (SSSR count). The fourth-order valence-corrected chi connectivity index (χ4v) is 2.94.